The van der Waals surface area contributed by atoms with Crippen molar-refractivity contribution in [3.8, 4) is 0 Å². The van der Waals surface area contributed by atoms with Gasteiger partial charge in [-0.15, -0.1) is 0 Å². The van der Waals surface area contributed by atoms with E-state index in [0.717, 1.165) is 5.56 Å². The van der Waals surface area contributed by atoms with E-state index in [1.54, 1.807) is 30.3 Å². The van der Waals surface area contributed by atoms with E-state index in [9.17, 15) is 9.59 Å². The first-order valence-electron chi connectivity index (χ1n) is 7.36. The van der Waals surface area contributed by atoms with Crippen molar-refractivity contribution in [1.29, 1.82) is 0 Å². The Morgan fingerprint density at radius 1 is 1.26 bits per heavy atom. The van der Waals surface area contributed by atoms with Gasteiger partial charge in [-0.2, -0.15) is 0 Å². The summed E-state index contributed by atoms with van der Waals surface area (Å²) in [4.78, 5) is 24.1. The molecular weight excluding hydrogens is 296 g/mol. The number of carbonyl (C=O) groups is 2. The Bertz CT molecular complexity index is 680. The standard InChI is InChI=1S/C17H20N2O4/c1-11(10-20)9-18-16(21)13-6-5-12(2)14(8-13)19-17(22)15-4-3-7-23-15/h3-8,11,20H,9-10H2,1-2H3,(H,18,21)(H,19,22). The third-order valence-electron chi connectivity index (χ3n) is 3.42. The first kappa shape index (κ1) is 16.8. The van der Waals surface area contributed by atoms with E-state index >= 15 is 0 Å². The van der Waals surface area contributed by atoms with Gasteiger partial charge in [-0.1, -0.05) is 13.0 Å². The molecule has 0 radical (unpaired) electrons. The number of hydrogen-bond acceptors (Lipinski definition) is 4. The lowest BCUT2D eigenvalue weighted by molar-refractivity contribution is 0.0940. The van der Waals surface area contributed by atoms with Gasteiger partial charge in [-0.25, -0.2) is 0 Å². The number of hydrogen-bond donors (Lipinski definition) is 3. The van der Waals surface area contributed by atoms with Crippen LogP contribution in [-0.2, 0) is 0 Å². The molecule has 0 aliphatic carbocycles. The zero-order valence-corrected chi connectivity index (χ0v) is 13.1. The van der Waals surface area contributed by atoms with Crippen molar-refractivity contribution < 1.29 is 19.1 Å². The molecule has 0 fully saturated rings. The van der Waals surface area contributed by atoms with Crippen LogP contribution in [0.2, 0.25) is 0 Å². The van der Waals surface area contributed by atoms with E-state index in [2.05, 4.69) is 10.6 Å². The predicted octanol–water partition coefficient (Wildman–Crippen LogP) is 2.20. The number of rotatable bonds is 6. The molecule has 1 heterocycles. The van der Waals surface area contributed by atoms with Crippen LogP contribution in [0.3, 0.4) is 0 Å². The van der Waals surface area contributed by atoms with E-state index in [1.165, 1.54) is 6.26 Å². The summed E-state index contributed by atoms with van der Waals surface area (Å²) in [5, 5.41) is 14.5. The van der Waals surface area contributed by atoms with Crippen molar-refractivity contribution in [3.05, 3.63) is 53.5 Å². The van der Waals surface area contributed by atoms with Crippen LogP contribution >= 0.6 is 0 Å². The van der Waals surface area contributed by atoms with Gasteiger partial charge in [-0.05, 0) is 42.7 Å². The van der Waals surface area contributed by atoms with Crippen molar-refractivity contribution in [3.63, 3.8) is 0 Å². The average Bonchev–Trinajstić information content (AvgIpc) is 3.08. The lowest BCUT2D eigenvalue weighted by atomic mass is 10.1. The second-order valence-electron chi connectivity index (χ2n) is 5.46. The highest BCUT2D eigenvalue weighted by molar-refractivity contribution is 6.03. The molecule has 1 atom stereocenters. The Morgan fingerprint density at radius 3 is 2.70 bits per heavy atom. The SMILES string of the molecule is Cc1ccc(C(=O)NCC(C)CO)cc1NC(=O)c1ccco1. The van der Waals surface area contributed by atoms with Crippen molar-refractivity contribution in [2.24, 2.45) is 5.92 Å². The fraction of sp³-hybridized carbons (Fsp3) is 0.294. The van der Waals surface area contributed by atoms with Gasteiger partial charge in [0.1, 0.15) is 0 Å². The molecule has 23 heavy (non-hydrogen) atoms. The Labute approximate surface area is 134 Å². The molecule has 6 heteroatoms. The number of benzene rings is 1. The minimum absolute atomic E-state index is 0.0116. The summed E-state index contributed by atoms with van der Waals surface area (Å²) >= 11 is 0. The first-order chi connectivity index (χ1) is 11.0. The first-order valence-corrected chi connectivity index (χ1v) is 7.36. The maximum Gasteiger partial charge on any atom is 0.291 e. The number of aliphatic hydroxyl groups excluding tert-OH is 1. The van der Waals surface area contributed by atoms with Gasteiger partial charge in [-0.3, -0.25) is 9.59 Å². The molecule has 0 aliphatic rings. The van der Waals surface area contributed by atoms with Gasteiger partial charge in [0.25, 0.3) is 11.8 Å². The summed E-state index contributed by atoms with van der Waals surface area (Å²) in [6.45, 7) is 4.08. The maximum atomic E-state index is 12.1. The van der Waals surface area contributed by atoms with Gasteiger partial charge in [0.15, 0.2) is 5.76 Å². The highest BCUT2D eigenvalue weighted by Crippen LogP contribution is 2.18. The molecule has 0 saturated carbocycles. The van der Waals surface area contributed by atoms with E-state index in [0.29, 0.717) is 17.8 Å². The molecule has 0 spiro atoms. The highest BCUT2D eigenvalue weighted by atomic mass is 16.3. The maximum absolute atomic E-state index is 12.1. The second-order valence-corrected chi connectivity index (χ2v) is 5.46. The van der Waals surface area contributed by atoms with Crippen LogP contribution in [0.5, 0.6) is 0 Å². The van der Waals surface area contributed by atoms with Gasteiger partial charge in [0, 0.05) is 24.4 Å². The quantitative estimate of drug-likeness (QED) is 0.762. The molecule has 3 N–H and O–H groups in total. The summed E-state index contributed by atoms with van der Waals surface area (Å²) < 4.78 is 5.05. The van der Waals surface area contributed by atoms with Crippen LogP contribution < -0.4 is 10.6 Å². The fourth-order valence-electron chi connectivity index (χ4n) is 1.92. The molecule has 2 amide bonds. The minimum Gasteiger partial charge on any atom is -0.459 e. The van der Waals surface area contributed by atoms with Crippen molar-refractivity contribution >= 4 is 17.5 Å². The van der Waals surface area contributed by atoms with Crippen molar-refractivity contribution in [2.45, 2.75) is 13.8 Å². The predicted molar refractivity (Wildman–Crippen MR) is 86.4 cm³/mol. The second kappa shape index (κ2) is 7.60. The Balaban J connectivity index is 2.09. The van der Waals surface area contributed by atoms with E-state index in [4.69, 9.17) is 9.52 Å². The topological polar surface area (TPSA) is 91.6 Å². The van der Waals surface area contributed by atoms with Crippen molar-refractivity contribution in [1.82, 2.24) is 5.32 Å². The van der Waals surface area contributed by atoms with Crippen LogP contribution in [0.4, 0.5) is 5.69 Å². The highest BCUT2D eigenvalue weighted by Gasteiger charge is 2.13. The van der Waals surface area contributed by atoms with Crippen molar-refractivity contribution in [2.75, 3.05) is 18.5 Å². The molecule has 2 rings (SSSR count). The van der Waals surface area contributed by atoms with Crippen LogP contribution in [0.1, 0.15) is 33.4 Å². The normalized spacial score (nSPS) is 11.8. The van der Waals surface area contributed by atoms with Crippen LogP contribution in [0.15, 0.2) is 41.0 Å². The fourth-order valence-corrected chi connectivity index (χ4v) is 1.92. The number of aliphatic hydroxyl groups is 1. The summed E-state index contributed by atoms with van der Waals surface area (Å²) in [5.41, 5.74) is 1.83. The van der Waals surface area contributed by atoms with Gasteiger partial charge < -0.3 is 20.2 Å². The molecule has 2 aromatic rings. The molecule has 122 valence electrons. The molecule has 1 aromatic carbocycles. The Morgan fingerprint density at radius 2 is 2.04 bits per heavy atom. The number of carbonyl (C=O) groups excluding carboxylic acids is 2. The average molecular weight is 316 g/mol. The molecule has 6 nitrogen and oxygen atoms in total. The van der Waals surface area contributed by atoms with Gasteiger partial charge in [0.2, 0.25) is 0 Å². The third kappa shape index (κ3) is 4.43. The minimum atomic E-state index is -0.371. The summed E-state index contributed by atoms with van der Waals surface area (Å²) in [6, 6.07) is 8.28. The Hall–Kier alpha value is -2.60. The molecule has 1 unspecified atom stereocenters. The van der Waals surface area contributed by atoms with Gasteiger partial charge in [0.05, 0.1) is 6.26 Å². The number of anilines is 1. The molecule has 0 aliphatic heterocycles. The number of aryl methyl sites for hydroxylation is 1. The number of amides is 2. The van der Waals surface area contributed by atoms with Crippen LogP contribution in [0, 0.1) is 12.8 Å². The molecular formula is C17H20N2O4. The molecule has 0 saturated heterocycles. The Kier molecular flexibility index (Phi) is 5.54. The smallest absolute Gasteiger partial charge is 0.291 e. The molecule has 0 bridgehead atoms. The van der Waals surface area contributed by atoms with Gasteiger partial charge >= 0.3 is 0 Å². The summed E-state index contributed by atoms with van der Waals surface area (Å²) in [7, 11) is 0. The zero-order chi connectivity index (χ0) is 16.8. The van der Waals surface area contributed by atoms with E-state index < -0.39 is 0 Å². The third-order valence-corrected chi connectivity index (χ3v) is 3.42. The van der Waals surface area contributed by atoms with E-state index in [-0.39, 0.29) is 30.1 Å². The summed E-state index contributed by atoms with van der Waals surface area (Å²) in [5.74, 6) is -0.429. The lowest BCUT2D eigenvalue weighted by Crippen LogP contribution is -2.29. The summed E-state index contributed by atoms with van der Waals surface area (Å²) in [6.07, 6.45) is 1.42. The van der Waals surface area contributed by atoms with E-state index in [1.807, 2.05) is 13.8 Å². The zero-order valence-electron chi connectivity index (χ0n) is 13.1. The lowest BCUT2D eigenvalue weighted by Gasteiger charge is -2.12. The molecule has 1 aromatic heterocycles. The number of furan rings is 1. The van der Waals surface area contributed by atoms with Crippen LogP contribution in [0.25, 0.3) is 0 Å². The largest absolute Gasteiger partial charge is 0.459 e. The number of nitrogens with one attached hydrogen (secondary N) is 2. The van der Waals surface area contributed by atoms with Crippen LogP contribution in [-0.4, -0.2) is 30.1 Å². The monoisotopic (exact) mass is 316 g/mol.